The lowest BCUT2D eigenvalue weighted by atomic mass is 10.2. The quantitative estimate of drug-likeness (QED) is 0.657. The average Bonchev–Trinajstić information content (AvgIpc) is 2.90. The molecule has 1 aromatic heterocycles. The van der Waals surface area contributed by atoms with E-state index in [-0.39, 0.29) is 15.9 Å². The van der Waals surface area contributed by atoms with E-state index in [2.05, 4.69) is 15.9 Å². The highest BCUT2D eigenvalue weighted by molar-refractivity contribution is 9.10. The van der Waals surface area contributed by atoms with Crippen molar-refractivity contribution < 1.29 is 14.0 Å². The van der Waals surface area contributed by atoms with Gasteiger partial charge in [0.25, 0.3) is 5.91 Å². The Morgan fingerprint density at radius 3 is 2.52 bits per heavy atom. The van der Waals surface area contributed by atoms with Gasteiger partial charge in [-0.25, -0.2) is 4.39 Å². The van der Waals surface area contributed by atoms with Gasteiger partial charge in [0.2, 0.25) is 0 Å². The van der Waals surface area contributed by atoms with Crippen molar-refractivity contribution in [2.75, 3.05) is 0 Å². The van der Waals surface area contributed by atoms with Crippen LogP contribution < -0.4 is 0 Å². The van der Waals surface area contributed by atoms with Gasteiger partial charge in [-0.2, -0.15) is 0 Å². The summed E-state index contributed by atoms with van der Waals surface area (Å²) < 4.78 is 15.2. The first kappa shape index (κ1) is 13.7. The SMILES string of the molecule is O=Cc1cn(C(=O)c2ccccc2)c2ccc(F)c(Br)c12. The fraction of sp³-hybridized carbons (Fsp3) is 0. The maximum Gasteiger partial charge on any atom is 0.262 e. The zero-order valence-electron chi connectivity index (χ0n) is 10.7. The Balaban J connectivity index is 2.27. The standard InChI is InChI=1S/C16H9BrFNO2/c17-15-12(18)6-7-13-14(15)11(9-20)8-19(13)16(21)10-4-2-1-3-5-10/h1-9H. The molecule has 3 rings (SSSR count). The van der Waals surface area contributed by atoms with Crippen molar-refractivity contribution in [2.24, 2.45) is 0 Å². The number of carbonyl (C=O) groups excluding carboxylic acids is 2. The van der Waals surface area contributed by atoms with Gasteiger partial charge in [-0.15, -0.1) is 0 Å². The molecule has 0 aliphatic rings. The molecule has 0 unspecified atom stereocenters. The average molecular weight is 346 g/mol. The fourth-order valence-electron chi connectivity index (χ4n) is 2.27. The van der Waals surface area contributed by atoms with Gasteiger partial charge in [-0.1, -0.05) is 18.2 Å². The van der Waals surface area contributed by atoms with Gasteiger partial charge in [0.15, 0.2) is 6.29 Å². The van der Waals surface area contributed by atoms with Crippen molar-refractivity contribution in [2.45, 2.75) is 0 Å². The van der Waals surface area contributed by atoms with Crippen LogP contribution in [0.4, 0.5) is 4.39 Å². The van der Waals surface area contributed by atoms with Crippen molar-refractivity contribution in [1.29, 1.82) is 0 Å². The summed E-state index contributed by atoms with van der Waals surface area (Å²) in [4.78, 5) is 23.7. The third-order valence-electron chi connectivity index (χ3n) is 3.26. The number of aldehydes is 1. The smallest absolute Gasteiger partial charge is 0.262 e. The third kappa shape index (κ3) is 2.19. The highest BCUT2D eigenvalue weighted by atomic mass is 79.9. The predicted octanol–water partition coefficient (Wildman–Crippen LogP) is 4.04. The summed E-state index contributed by atoms with van der Waals surface area (Å²) >= 11 is 3.13. The van der Waals surface area contributed by atoms with Crippen LogP contribution in [0.15, 0.2) is 53.1 Å². The van der Waals surface area contributed by atoms with Gasteiger partial charge >= 0.3 is 0 Å². The molecule has 1 heterocycles. The summed E-state index contributed by atoms with van der Waals surface area (Å²) in [7, 11) is 0. The van der Waals surface area contributed by atoms with Gasteiger partial charge in [0, 0.05) is 22.7 Å². The summed E-state index contributed by atoms with van der Waals surface area (Å²) in [5.41, 5.74) is 1.24. The molecule has 2 aromatic carbocycles. The maximum absolute atomic E-state index is 13.6. The Labute approximate surface area is 128 Å². The van der Waals surface area contributed by atoms with Gasteiger partial charge < -0.3 is 0 Å². The molecule has 0 radical (unpaired) electrons. The van der Waals surface area contributed by atoms with E-state index in [1.165, 1.54) is 22.9 Å². The number of carbonyl (C=O) groups is 2. The minimum absolute atomic E-state index is 0.182. The Hall–Kier alpha value is -2.27. The van der Waals surface area contributed by atoms with Crippen molar-refractivity contribution in [3.63, 3.8) is 0 Å². The summed E-state index contributed by atoms with van der Waals surface area (Å²) in [5, 5.41) is 0.397. The molecule has 0 bridgehead atoms. The molecule has 0 saturated carbocycles. The maximum atomic E-state index is 13.6. The van der Waals surface area contributed by atoms with Crippen molar-refractivity contribution in [3.8, 4) is 0 Å². The second-order valence-electron chi connectivity index (χ2n) is 4.50. The lowest BCUT2D eigenvalue weighted by Crippen LogP contribution is -2.10. The van der Waals surface area contributed by atoms with Gasteiger partial charge in [-0.05, 0) is 40.2 Å². The molecule has 3 nitrogen and oxygen atoms in total. The van der Waals surface area contributed by atoms with E-state index < -0.39 is 5.82 Å². The number of aromatic nitrogens is 1. The van der Waals surface area contributed by atoms with E-state index >= 15 is 0 Å². The number of hydrogen-bond acceptors (Lipinski definition) is 2. The fourth-order valence-corrected chi connectivity index (χ4v) is 2.83. The van der Waals surface area contributed by atoms with Gasteiger partial charge in [0.1, 0.15) is 5.82 Å². The Morgan fingerprint density at radius 2 is 1.86 bits per heavy atom. The number of nitrogens with zero attached hydrogens (tertiary/aromatic N) is 1. The van der Waals surface area contributed by atoms with Gasteiger partial charge in [0.05, 0.1) is 9.99 Å². The van der Waals surface area contributed by atoms with Crippen LogP contribution in [0, 0.1) is 5.82 Å². The molecule has 5 heteroatoms. The Kier molecular flexibility index (Phi) is 3.43. The van der Waals surface area contributed by atoms with E-state index in [0.717, 1.165) is 0 Å². The summed E-state index contributed by atoms with van der Waals surface area (Å²) in [6.07, 6.45) is 2.04. The third-order valence-corrected chi connectivity index (χ3v) is 4.03. The highest BCUT2D eigenvalue weighted by Gasteiger charge is 2.18. The minimum Gasteiger partial charge on any atom is -0.298 e. The molecule has 0 aliphatic carbocycles. The molecule has 104 valence electrons. The Bertz CT molecular complexity index is 856. The van der Waals surface area contributed by atoms with Crippen molar-refractivity contribution in [1.82, 2.24) is 4.57 Å². The number of rotatable bonds is 2. The second-order valence-corrected chi connectivity index (χ2v) is 5.29. The molecule has 0 atom stereocenters. The monoisotopic (exact) mass is 345 g/mol. The lowest BCUT2D eigenvalue weighted by Gasteiger charge is -2.04. The van der Waals surface area contributed by atoms with E-state index in [4.69, 9.17) is 0 Å². The van der Waals surface area contributed by atoms with E-state index in [1.54, 1.807) is 24.3 Å². The molecule has 0 fully saturated rings. The number of halogens is 2. The normalized spacial score (nSPS) is 10.8. The van der Waals surface area contributed by atoms with Crippen LogP contribution in [0.5, 0.6) is 0 Å². The molecular formula is C16H9BrFNO2. The molecule has 0 aliphatic heterocycles. The molecule has 0 N–H and O–H groups in total. The second kappa shape index (κ2) is 5.26. The first-order valence-corrected chi connectivity index (χ1v) is 6.96. The van der Waals surface area contributed by atoms with Crippen molar-refractivity contribution in [3.05, 3.63) is 70.1 Å². The van der Waals surface area contributed by atoms with Crippen LogP contribution in [0.3, 0.4) is 0 Å². The minimum atomic E-state index is -0.476. The van der Waals surface area contributed by atoms with Crippen LogP contribution in [0.1, 0.15) is 20.7 Å². The number of hydrogen-bond donors (Lipinski definition) is 0. The molecule has 0 spiro atoms. The molecule has 0 saturated heterocycles. The van der Waals surface area contributed by atoms with Crippen LogP contribution in [-0.2, 0) is 0 Å². The zero-order valence-corrected chi connectivity index (χ0v) is 12.3. The highest BCUT2D eigenvalue weighted by Crippen LogP contribution is 2.31. The molecule has 0 amide bonds. The largest absolute Gasteiger partial charge is 0.298 e. The molecule has 3 aromatic rings. The van der Waals surface area contributed by atoms with Crippen LogP contribution in [0.2, 0.25) is 0 Å². The summed E-state index contributed by atoms with van der Waals surface area (Å²) in [6, 6.07) is 11.5. The zero-order chi connectivity index (χ0) is 15.0. The van der Waals surface area contributed by atoms with Crippen LogP contribution in [-0.4, -0.2) is 16.8 Å². The van der Waals surface area contributed by atoms with Crippen molar-refractivity contribution >= 4 is 39.0 Å². The topological polar surface area (TPSA) is 39.1 Å². The number of fused-ring (bicyclic) bond motifs is 1. The van der Waals surface area contributed by atoms with Crippen LogP contribution >= 0.6 is 15.9 Å². The predicted molar refractivity (Wildman–Crippen MR) is 81.2 cm³/mol. The van der Waals surface area contributed by atoms with Gasteiger partial charge in [-0.3, -0.25) is 14.2 Å². The Morgan fingerprint density at radius 1 is 1.14 bits per heavy atom. The lowest BCUT2D eigenvalue weighted by molar-refractivity contribution is 0.0965. The molecular weight excluding hydrogens is 337 g/mol. The summed E-state index contributed by atoms with van der Waals surface area (Å²) in [6.45, 7) is 0. The van der Waals surface area contributed by atoms with Crippen LogP contribution in [0.25, 0.3) is 10.9 Å². The van der Waals surface area contributed by atoms with E-state index in [9.17, 15) is 14.0 Å². The summed E-state index contributed by atoms with van der Waals surface area (Å²) in [5.74, 6) is -0.747. The van der Waals surface area contributed by atoms with E-state index in [1.807, 2.05) is 6.07 Å². The molecule has 21 heavy (non-hydrogen) atoms. The van der Waals surface area contributed by atoms with E-state index in [0.29, 0.717) is 22.8 Å². The number of benzene rings is 2. The first-order chi connectivity index (χ1) is 10.1. The first-order valence-electron chi connectivity index (χ1n) is 6.17.